The summed E-state index contributed by atoms with van der Waals surface area (Å²) in [6.07, 6.45) is 2.86. The number of hydrogen-bond acceptors (Lipinski definition) is 4. The second-order valence-electron chi connectivity index (χ2n) is 7.21. The lowest BCUT2D eigenvalue weighted by Gasteiger charge is -2.23. The largest absolute Gasteiger partial charge is 0.739 e. The van der Waals surface area contributed by atoms with Crippen molar-refractivity contribution in [1.82, 2.24) is 5.10 Å². The average molecular weight is 354 g/mol. The lowest BCUT2D eigenvalue weighted by Crippen LogP contribution is -2.46. The SMILES string of the molecule is CC(C)(Nc1n[n+]([O-])c2cc3c(cc2[n+]1[O-])CCC3)c1ccc(F)cc1. The van der Waals surface area contributed by atoms with E-state index < -0.39 is 5.54 Å². The molecule has 4 rings (SSSR count). The van der Waals surface area contributed by atoms with E-state index in [1.54, 1.807) is 24.3 Å². The molecular formula is C19H19FN4O2. The van der Waals surface area contributed by atoms with E-state index in [-0.39, 0.29) is 17.3 Å². The van der Waals surface area contributed by atoms with E-state index in [9.17, 15) is 14.8 Å². The van der Waals surface area contributed by atoms with Crippen LogP contribution in [0.4, 0.5) is 10.3 Å². The molecule has 6 nitrogen and oxygen atoms in total. The molecule has 7 heteroatoms. The zero-order valence-electron chi connectivity index (χ0n) is 14.6. The van der Waals surface area contributed by atoms with Gasteiger partial charge in [0.2, 0.25) is 5.10 Å². The predicted molar refractivity (Wildman–Crippen MR) is 94.7 cm³/mol. The number of nitrogens with zero attached hydrogens (tertiary/aromatic N) is 3. The second-order valence-corrected chi connectivity index (χ2v) is 7.21. The van der Waals surface area contributed by atoms with Gasteiger partial charge in [0.1, 0.15) is 11.4 Å². The van der Waals surface area contributed by atoms with Gasteiger partial charge in [0.25, 0.3) is 5.52 Å². The number of fused-ring (bicyclic) bond motifs is 2. The Hall–Kier alpha value is -2.96. The van der Waals surface area contributed by atoms with E-state index in [1.165, 1.54) is 12.1 Å². The van der Waals surface area contributed by atoms with Crippen LogP contribution in [0.3, 0.4) is 0 Å². The fourth-order valence-corrected chi connectivity index (χ4v) is 3.50. The Morgan fingerprint density at radius 2 is 1.65 bits per heavy atom. The van der Waals surface area contributed by atoms with E-state index in [1.807, 2.05) is 13.8 Å². The Morgan fingerprint density at radius 1 is 1.04 bits per heavy atom. The van der Waals surface area contributed by atoms with Gasteiger partial charge in [-0.05, 0) is 68.0 Å². The molecule has 3 aromatic rings. The molecule has 0 bridgehead atoms. The average Bonchev–Trinajstić information content (AvgIpc) is 3.06. The van der Waals surface area contributed by atoms with Gasteiger partial charge in [-0.25, -0.2) is 9.12 Å². The van der Waals surface area contributed by atoms with E-state index >= 15 is 0 Å². The van der Waals surface area contributed by atoms with Crippen molar-refractivity contribution >= 4 is 17.0 Å². The van der Waals surface area contributed by atoms with Gasteiger partial charge in [0.15, 0.2) is 5.52 Å². The summed E-state index contributed by atoms with van der Waals surface area (Å²) < 4.78 is 13.8. The molecule has 0 aliphatic heterocycles. The van der Waals surface area contributed by atoms with Crippen molar-refractivity contribution in [2.75, 3.05) is 5.32 Å². The molecule has 0 radical (unpaired) electrons. The molecule has 0 atom stereocenters. The Bertz CT molecular complexity index is 1000. The van der Waals surface area contributed by atoms with Gasteiger partial charge in [-0.3, -0.25) is 5.32 Å². The van der Waals surface area contributed by atoms with Crippen LogP contribution in [0, 0.1) is 16.2 Å². The highest BCUT2D eigenvalue weighted by atomic mass is 19.1. The molecule has 0 fully saturated rings. The number of benzene rings is 2. The molecule has 1 heterocycles. The highest BCUT2D eigenvalue weighted by Gasteiger charge is 2.31. The smallest absolute Gasteiger partial charge is 0.461 e. The van der Waals surface area contributed by atoms with Gasteiger partial charge in [0.05, 0.1) is 0 Å². The molecule has 0 spiro atoms. The van der Waals surface area contributed by atoms with Gasteiger partial charge in [-0.1, -0.05) is 12.1 Å². The van der Waals surface area contributed by atoms with Crippen molar-refractivity contribution in [3.05, 3.63) is 69.3 Å². The second kappa shape index (κ2) is 5.79. The third-order valence-electron chi connectivity index (χ3n) is 4.98. The zero-order chi connectivity index (χ0) is 18.5. The van der Waals surface area contributed by atoms with E-state index in [4.69, 9.17) is 0 Å². The maximum Gasteiger partial charge on any atom is 0.461 e. The van der Waals surface area contributed by atoms with Gasteiger partial charge in [-0.15, -0.1) is 0 Å². The number of aromatic nitrogens is 3. The fraction of sp³-hybridized carbons (Fsp3) is 0.316. The highest BCUT2D eigenvalue weighted by molar-refractivity contribution is 5.71. The minimum absolute atomic E-state index is 0.0835. The number of aryl methyl sites for hydroxylation is 2. The van der Waals surface area contributed by atoms with E-state index in [0.29, 0.717) is 15.1 Å². The quantitative estimate of drug-likeness (QED) is 0.579. The van der Waals surface area contributed by atoms with Crippen molar-refractivity contribution < 1.29 is 14.0 Å². The van der Waals surface area contributed by atoms with Crippen molar-refractivity contribution in [3.63, 3.8) is 0 Å². The Balaban J connectivity index is 1.78. The van der Waals surface area contributed by atoms with Crippen LogP contribution in [-0.2, 0) is 18.4 Å². The van der Waals surface area contributed by atoms with Crippen LogP contribution < -0.4 is 14.9 Å². The third-order valence-corrected chi connectivity index (χ3v) is 4.98. The molecule has 0 amide bonds. The first-order valence-electron chi connectivity index (χ1n) is 8.58. The minimum Gasteiger partial charge on any atom is -0.739 e. The first kappa shape index (κ1) is 16.5. The molecule has 0 unspecified atom stereocenters. The van der Waals surface area contributed by atoms with Crippen LogP contribution in [0.5, 0.6) is 0 Å². The summed E-state index contributed by atoms with van der Waals surface area (Å²) in [7, 11) is 0. The monoisotopic (exact) mass is 354 g/mol. The predicted octanol–water partition coefficient (Wildman–Crippen LogP) is 2.48. The molecule has 1 aromatic heterocycles. The Labute approximate surface area is 150 Å². The number of rotatable bonds is 3. The molecule has 26 heavy (non-hydrogen) atoms. The minimum atomic E-state index is -0.718. The van der Waals surface area contributed by atoms with Crippen molar-refractivity contribution in [3.8, 4) is 0 Å². The van der Waals surface area contributed by atoms with Crippen LogP contribution in [0.15, 0.2) is 36.4 Å². The topological polar surface area (TPSA) is 78.8 Å². The standard InChI is InChI=1S/C19H19FN4O2/c1-19(2,14-6-8-15(20)9-7-14)21-18-22-24(26)17-11-13-5-3-4-12(13)10-16(17)23(18)25/h6-11H,3-5H2,1-2H3,(H,21,22). The molecule has 1 aliphatic carbocycles. The third kappa shape index (κ3) is 2.69. The van der Waals surface area contributed by atoms with Crippen molar-refractivity contribution in [2.24, 2.45) is 0 Å². The molecule has 1 N–H and O–H groups in total. The number of anilines is 1. The fourth-order valence-electron chi connectivity index (χ4n) is 3.50. The lowest BCUT2D eigenvalue weighted by molar-refractivity contribution is -0.672. The molecule has 0 saturated heterocycles. The number of hydrogen-bond donors (Lipinski definition) is 1. The van der Waals surface area contributed by atoms with Crippen LogP contribution in [0.1, 0.15) is 37.0 Å². The van der Waals surface area contributed by atoms with Crippen molar-refractivity contribution in [1.29, 1.82) is 0 Å². The van der Waals surface area contributed by atoms with Gasteiger partial charge >= 0.3 is 5.95 Å². The summed E-state index contributed by atoms with van der Waals surface area (Å²) in [6, 6.07) is 9.54. The van der Waals surface area contributed by atoms with Gasteiger partial charge < -0.3 is 10.4 Å². The molecule has 134 valence electrons. The molecule has 2 aromatic carbocycles. The number of halogens is 1. The van der Waals surface area contributed by atoms with Crippen molar-refractivity contribution in [2.45, 2.75) is 38.6 Å². The summed E-state index contributed by atoms with van der Waals surface area (Å²) in [5.41, 5.74) is 2.84. The summed E-state index contributed by atoms with van der Waals surface area (Å²) in [6.45, 7) is 3.67. The summed E-state index contributed by atoms with van der Waals surface area (Å²) >= 11 is 0. The van der Waals surface area contributed by atoms with Crippen LogP contribution in [0.2, 0.25) is 0 Å². The number of nitrogens with one attached hydrogen (secondary N) is 1. The zero-order valence-corrected chi connectivity index (χ0v) is 14.6. The Morgan fingerprint density at radius 3 is 2.31 bits per heavy atom. The maximum absolute atomic E-state index is 13.2. The summed E-state index contributed by atoms with van der Waals surface area (Å²) in [4.78, 5) is 0.491. The molecule has 1 aliphatic rings. The van der Waals surface area contributed by atoms with E-state index in [0.717, 1.165) is 36.0 Å². The van der Waals surface area contributed by atoms with E-state index in [2.05, 4.69) is 10.4 Å². The normalized spacial score (nSPS) is 13.8. The van der Waals surface area contributed by atoms with Gasteiger partial charge in [0, 0.05) is 10.9 Å². The van der Waals surface area contributed by atoms with Crippen LogP contribution >= 0.6 is 0 Å². The summed E-state index contributed by atoms with van der Waals surface area (Å²) in [5.74, 6) is -0.418. The Kier molecular flexibility index (Phi) is 3.68. The summed E-state index contributed by atoms with van der Waals surface area (Å²) in [5, 5.41) is 32.1. The highest BCUT2D eigenvalue weighted by Crippen LogP contribution is 2.26. The molecule has 0 saturated carbocycles. The van der Waals surface area contributed by atoms with Crippen LogP contribution in [0.25, 0.3) is 11.0 Å². The maximum atomic E-state index is 13.2. The lowest BCUT2D eigenvalue weighted by atomic mass is 9.94. The molecular weight excluding hydrogens is 335 g/mol. The van der Waals surface area contributed by atoms with Crippen LogP contribution in [-0.4, -0.2) is 5.10 Å². The first-order chi connectivity index (χ1) is 12.3. The van der Waals surface area contributed by atoms with Gasteiger partial charge in [-0.2, -0.15) is 0 Å². The first-order valence-corrected chi connectivity index (χ1v) is 8.58.